The Bertz CT molecular complexity index is 1190. The summed E-state index contributed by atoms with van der Waals surface area (Å²) >= 11 is 1.63. The highest BCUT2D eigenvalue weighted by molar-refractivity contribution is 7.17. The second-order valence-corrected chi connectivity index (χ2v) is 10.9. The lowest BCUT2D eigenvalue weighted by Crippen LogP contribution is -2.64. The zero-order valence-corrected chi connectivity index (χ0v) is 21.0. The summed E-state index contributed by atoms with van der Waals surface area (Å²) in [6.07, 6.45) is 4.26. The van der Waals surface area contributed by atoms with Crippen LogP contribution in [-0.2, 0) is 17.9 Å². The van der Waals surface area contributed by atoms with E-state index in [9.17, 15) is 9.59 Å². The maximum atomic E-state index is 13.8. The first-order chi connectivity index (χ1) is 16.4. The van der Waals surface area contributed by atoms with Crippen molar-refractivity contribution in [2.45, 2.75) is 71.1 Å². The van der Waals surface area contributed by atoms with Crippen LogP contribution < -0.4 is 10.1 Å². The van der Waals surface area contributed by atoms with Gasteiger partial charge in [0.05, 0.1) is 23.4 Å². The van der Waals surface area contributed by atoms with Gasteiger partial charge in [-0.05, 0) is 80.7 Å². The van der Waals surface area contributed by atoms with E-state index in [1.807, 2.05) is 60.2 Å². The molecular weight excluding hydrogens is 446 g/mol. The van der Waals surface area contributed by atoms with Gasteiger partial charge >= 0.3 is 0 Å². The highest BCUT2D eigenvalue weighted by atomic mass is 32.1. The highest BCUT2D eigenvalue weighted by Crippen LogP contribution is 2.36. The molecule has 2 aromatic heterocycles. The van der Waals surface area contributed by atoms with Crippen molar-refractivity contribution in [3.8, 4) is 5.75 Å². The van der Waals surface area contributed by atoms with Crippen LogP contribution in [0.15, 0.2) is 41.8 Å². The Morgan fingerprint density at radius 1 is 1.18 bits per heavy atom. The van der Waals surface area contributed by atoms with Crippen LogP contribution in [0.1, 0.15) is 62.5 Å². The van der Waals surface area contributed by atoms with Gasteiger partial charge in [0.25, 0.3) is 5.91 Å². The molecule has 0 radical (unpaired) electrons. The van der Waals surface area contributed by atoms with Crippen LogP contribution in [0.4, 0.5) is 0 Å². The van der Waals surface area contributed by atoms with Gasteiger partial charge in [-0.1, -0.05) is 19.1 Å². The topological polar surface area (TPSA) is 63.6 Å². The van der Waals surface area contributed by atoms with Gasteiger partial charge in [-0.2, -0.15) is 0 Å². The second kappa shape index (κ2) is 9.10. The predicted octanol–water partition coefficient (Wildman–Crippen LogP) is 5.21. The minimum Gasteiger partial charge on any atom is -0.494 e. The highest BCUT2D eigenvalue weighted by Gasteiger charge is 2.48. The van der Waals surface area contributed by atoms with Crippen LogP contribution in [0.2, 0.25) is 0 Å². The van der Waals surface area contributed by atoms with Crippen molar-refractivity contribution in [2.75, 3.05) is 6.61 Å². The molecule has 1 N–H and O–H groups in total. The van der Waals surface area contributed by atoms with E-state index in [1.54, 1.807) is 16.2 Å². The number of carbonyl (C=O) groups is 2. The number of thiophene rings is 1. The van der Waals surface area contributed by atoms with Crippen molar-refractivity contribution < 1.29 is 14.3 Å². The third-order valence-electron chi connectivity index (χ3n) is 7.46. The number of fused-ring (bicyclic) bond motifs is 3. The lowest BCUT2D eigenvalue weighted by Gasteiger charge is -2.45. The number of hydrogen-bond acceptors (Lipinski definition) is 4. The van der Waals surface area contributed by atoms with Crippen LogP contribution in [0.3, 0.4) is 0 Å². The van der Waals surface area contributed by atoms with Gasteiger partial charge in [0.1, 0.15) is 17.0 Å². The lowest BCUT2D eigenvalue weighted by molar-refractivity contribution is -0.134. The summed E-state index contributed by atoms with van der Waals surface area (Å²) in [5.41, 5.74) is 1.67. The van der Waals surface area contributed by atoms with E-state index < -0.39 is 5.54 Å². The van der Waals surface area contributed by atoms with E-state index in [1.165, 1.54) is 0 Å². The molecule has 1 saturated carbocycles. The Balaban J connectivity index is 1.47. The summed E-state index contributed by atoms with van der Waals surface area (Å²) in [7, 11) is 0. The minimum absolute atomic E-state index is 0.0610. The van der Waals surface area contributed by atoms with Gasteiger partial charge in [-0.3, -0.25) is 9.59 Å². The van der Waals surface area contributed by atoms with E-state index in [0.29, 0.717) is 31.3 Å². The largest absolute Gasteiger partial charge is 0.494 e. The fourth-order valence-corrected chi connectivity index (χ4v) is 6.13. The van der Waals surface area contributed by atoms with Crippen molar-refractivity contribution >= 4 is 33.4 Å². The van der Waals surface area contributed by atoms with Gasteiger partial charge in [0.15, 0.2) is 0 Å². The molecule has 1 unspecified atom stereocenters. The number of amides is 2. The van der Waals surface area contributed by atoms with Gasteiger partial charge < -0.3 is 19.5 Å². The Morgan fingerprint density at radius 2 is 1.91 bits per heavy atom. The maximum absolute atomic E-state index is 13.8. The summed E-state index contributed by atoms with van der Waals surface area (Å²) < 4.78 is 8.68. The molecule has 1 aliphatic heterocycles. The van der Waals surface area contributed by atoms with Crippen LogP contribution in [0.5, 0.6) is 5.75 Å². The van der Waals surface area contributed by atoms with Gasteiger partial charge in [-0.25, -0.2) is 0 Å². The predicted molar refractivity (Wildman–Crippen MR) is 135 cm³/mol. The molecule has 7 heteroatoms. The number of nitrogens with zero attached hydrogens (tertiary/aromatic N) is 2. The zero-order chi connectivity index (χ0) is 23.9. The summed E-state index contributed by atoms with van der Waals surface area (Å²) in [6.45, 7) is 7.57. The van der Waals surface area contributed by atoms with Crippen molar-refractivity contribution in [3.63, 3.8) is 0 Å². The van der Waals surface area contributed by atoms with Crippen LogP contribution >= 0.6 is 11.3 Å². The molecule has 1 aliphatic carbocycles. The number of ether oxygens (including phenoxy) is 1. The summed E-state index contributed by atoms with van der Waals surface area (Å²) in [6, 6.07) is 12.0. The fraction of sp³-hybridized carbons (Fsp3) is 0.481. The summed E-state index contributed by atoms with van der Waals surface area (Å²) in [5.74, 6) is 1.36. The van der Waals surface area contributed by atoms with E-state index >= 15 is 0 Å². The molecule has 6 nitrogen and oxygen atoms in total. The number of rotatable bonds is 6. The van der Waals surface area contributed by atoms with Crippen molar-refractivity contribution in [1.82, 2.24) is 14.8 Å². The molecule has 2 amide bonds. The average Bonchev–Trinajstić information content (AvgIpc) is 3.42. The smallest absolute Gasteiger partial charge is 0.271 e. The molecule has 180 valence electrons. The third kappa shape index (κ3) is 4.11. The SMILES string of the molecule is CCOc1ccc(CN2C(=O)c3cc4sccc4n3CC2(C)C(=O)NC2CCC(C)CC2)cc1. The molecule has 34 heavy (non-hydrogen) atoms. The molecule has 1 atom stereocenters. The first-order valence-electron chi connectivity index (χ1n) is 12.3. The second-order valence-electron chi connectivity index (χ2n) is 9.96. The average molecular weight is 480 g/mol. The zero-order valence-electron chi connectivity index (χ0n) is 20.2. The summed E-state index contributed by atoms with van der Waals surface area (Å²) in [5, 5.41) is 5.35. The number of benzene rings is 1. The van der Waals surface area contributed by atoms with E-state index in [4.69, 9.17) is 4.74 Å². The maximum Gasteiger partial charge on any atom is 0.271 e. The van der Waals surface area contributed by atoms with E-state index in [2.05, 4.69) is 12.2 Å². The Hall–Kier alpha value is -2.80. The Labute approximate surface area is 204 Å². The molecule has 0 spiro atoms. The number of aromatic nitrogens is 1. The van der Waals surface area contributed by atoms with Crippen molar-refractivity contribution in [3.05, 3.63) is 53.0 Å². The first kappa shape index (κ1) is 23.0. The Kier molecular flexibility index (Phi) is 6.15. The van der Waals surface area contributed by atoms with Gasteiger partial charge in [0.2, 0.25) is 5.91 Å². The van der Waals surface area contributed by atoms with Gasteiger partial charge in [-0.15, -0.1) is 11.3 Å². The van der Waals surface area contributed by atoms with E-state index in [-0.39, 0.29) is 17.9 Å². The minimum atomic E-state index is -0.986. The van der Waals surface area contributed by atoms with Crippen LogP contribution in [0, 0.1) is 5.92 Å². The quantitative estimate of drug-likeness (QED) is 0.528. The summed E-state index contributed by atoms with van der Waals surface area (Å²) in [4.78, 5) is 29.4. The lowest BCUT2D eigenvalue weighted by atomic mass is 9.86. The Morgan fingerprint density at radius 3 is 2.62 bits per heavy atom. The van der Waals surface area contributed by atoms with Crippen molar-refractivity contribution in [2.24, 2.45) is 5.92 Å². The molecule has 5 rings (SSSR count). The fourth-order valence-electron chi connectivity index (χ4n) is 5.31. The molecule has 2 aliphatic rings. The number of hydrogen-bond donors (Lipinski definition) is 1. The van der Waals surface area contributed by atoms with Crippen LogP contribution in [-0.4, -0.2) is 39.5 Å². The standard InChI is InChI=1S/C27H33N3O3S/c1-4-33-21-11-7-19(8-12-21)16-30-25(31)23-15-24-22(13-14-34-24)29(23)17-27(30,3)26(32)28-20-9-5-18(2)6-10-20/h7-8,11-15,18,20H,4-6,9-10,16-17H2,1-3H3,(H,28,32). The molecule has 3 aromatic rings. The molecular formula is C27H33N3O3S. The normalized spacial score (nSPS) is 24.8. The number of nitrogens with one attached hydrogen (secondary N) is 1. The number of carbonyl (C=O) groups excluding carboxylic acids is 2. The molecule has 3 heterocycles. The van der Waals surface area contributed by atoms with E-state index in [0.717, 1.165) is 47.2 Å². The molecule has 0 bridgehead atoms. The monoisotopic (exact) mass is 479 g/mol. The third-order valence-corrected chi connectivity index (χ3v) is 8.32. The molecule has 1 fully saturated rings. The van der Waals surface area contributed by atoms with Crippen LogP contribution in [0.25, 0.3) is 10.2 Å². The molecule has 1 aromatic carbocycles. The first-order valence-corrected chi connectivity index (χ1v) is 13.2. The van der Waals surface area contributed by atoms with Crippen molar-refractivity contribution in [1.29, 1.82) is 0 Å². The molecule has 0 saturated heterocycles. The van der Waals surface area contributed by atoms with Gasteiger partial charge in [0, 0.05) is 12.6 Å².